The van der Waals surface area contributed by atoms with Crippen molar-refractivity contribution in [1.82, 2.24) is 10.2 Å². The fourth-order valence-electron chi connectivity index (χ4n) is 2.61. The van der Waals surface area contributed by atoms with Crippen LogP contribution in [0.5, 0.6) is 5.75 Å². The number of anilines is 2. The molecule has 0 radical (unpaired) electrons. The number of carbonyl (C=O) groups is 1. The topological polar surface area (TPSA) is 76.1 Å². The van der Waals surface area contributed by atoms with Crippen molar-refractivity contribution < 1.29 is 9.53 Å². The summed E-state index contributed by atoms with van der Waals surface area (Å²) in [6.45, 7) is 2.68. The normalized spacial score (nSPS) is 10.3. The number of methoxy groups -OCH3 is 1. The van der Waals surface area contributed by atoms with Crippen molar-refractivity contribution in [1.29, 1.82) is 0 Å². The highest BCUT2D eigenvalue weighted by molar-refractivity contribution is 6.02. The van der Waals surface area contributed by atoms with E-state index in [9.17, 15) is 4.79 Å². The lowest BCUT2D eigenvalue weighted by Crippen LogP contribution is -2.15. The molecule has 2 N–H and O–H groups in total. The number of benzene rings is 2. The zero-order valence-corrected chi connectivity index (χ0v) is 15.4. The second-order valence-corrected chi connectivity index (χ2v) is 6.11. The second kappa shape index (κ2) is 8.80. The minimum absolute atomic E-state index is 0.269. The van der Waals surface area contributed by atoms with Gasteiger partial charge in [-0.25, -0.2) is 0 Å². The van der Waals surface area contributed by atoms with Crippen LogP contribution in [0.2, 0.25) is 0 Å². The third kappa shape index (κ3) is 5.04. The molecule has 3 aromatic rings. The fourth-order valence-corrected chi connectivity index (χ4v) is 2.61. The quantitative estimate of drug-likeness (QED) is 0.670. The lowest BCUT2D eigenvalue weighted by atomic mass is 10.1. The number of rotatable bonds is 7. The van der Waals surface area contributed by atoms with Crippen LogP contribution in [-0.2, 0) is 6.42 Å². The van der Waals surface area contributed by atoms with Crippen LogP contribution >= 0.6 is 0 Å². The Morgan fingerprint density at radius 3 is 2.48 bits per heavy atom. The third-order valence-corrected chi connectivity index (χ3v) is 4.10. The molecule has 0 fully saturated rings. The van der Waals surface area contributed by atoms with E-state index in [0.717, 1.165) is 29.0 Å². The lowest BCUT2D eigenvalue weighted by molar-refractivity contribution is 0.102. The summed E-state index contributed by atoms with van der Waals surface area (Å²) in [4.78, 5) is 12.2. The van der Waals surface area contributed by atoms with E-state index in [-0.39, 0.29) is 11.6 Å². The van der Waals surface area contributed by atoms with Crippen molar-refractivity contribution in [2.75, 3.05) is 24.3 Å². The van der Waals surface area contributed by atoms with E-state index < -0.39 is 0 Å². The zero-order valence-electron chi connectivity index (χ0n) is 15.4. The molecule has 2 aromatic carbocycles. The molecule has 0 aliphatic rings. The van der Waals surface area contributed by atoms with Crippen molar-refractivity contribution in [3.8, 4) is 5.75 Å². The van der Waals surface area contributed by atoms with Gasteiger partial charge in [-0.2, -0.15) is 0 Å². The van der Waals surface area contributed by atoms with Crippen molar-refractivity contribution in [2.24, 2.45) is 0 Å². The first-order valence-electron chi connectivity index (χ1n) is 8.73. The first-order valence-corrected chi connectivity index (χ1v) is 8.73. The first-order chi connectivity index (χ1) is 13.2. The minimum atomic E-state index is -0.285. The number of ether oxygens (including phenoxy) is 1. The van der Waals surface area contributed by atoms with Gasteiger partial charge in [0.25, 0.3) is 5.91 Å². The Morgan fingerprint density at radius 2 is 1.78 bits per heavy atom. The average molecular weight is 362 g/mol. The van der Waals surface area contributed by atoms with E-state index in [0.29, 0.717) is 12.4 Å². The molecule has 138 valence electrons. The number of hydrogen-bond acceptors (Lipinski definition) is 5. The molecule has 1 amide bonds. The minimum Gasteiger partial charge on any atom is -0.496 e. The summed E-state index contributed by atoms with van der Waals surface area (Å²) in [7, 11) is 1.66. The molecule has 1 aromatic heterocycles. The summed E-state index contributed by atoms with van der Waals surface area (Å²) in [5.41, 5.74) is 3.25. The van der Waals surface area contributed by atoms with Gasteiger partial charge in [-0.3, -0.25) is 4.79 Å². The van der Waals surface area contributed by atoms with Gasteiger partial charge < -0.3 is 15.4 Å². The van der Waals surface area contributed by atoms with Gasteiger partial charge in [0.2, 0.25) is 0 Å². The maximum Gasteiger partial charge on any atom is 0.276 e. The van der Waals surface area contributed by atoms with E-state index in [1.54, 1.807) is 19.2 Å². The Bertz CT molecular complexity index is 893. The Balaban J connectivity index is 1.53. The molecule has 6 nitrogen and oxygen atoms in total. The molecule has 27 heavy (non-hydrogen) atoms. The van der Waals surface area contributed by atoms with Crippen LogP contribution in [0.25, 0.3) is 0 Å². The molecular formula is C21H22N4O2. The predicted molar refractivity (Wildman–Crippen MR) is 106 cm³/mol. The van der Waals surface area contributed by atoms with E-state index >= 15 is 0 Å². The van der Waals surface area contributed by atoms with E-state index in [1.165, 1.54) is 0 Å². The Morgan fingerprint density at radius 1 is 1.00 bits per heavy atom. The number of hydrogen-bond donors (Lipinski definition) is 2. The highest BCUT2D eigenvalue weighted by atomic mass is 16.5. The van der Waals surface area contributed by atoms with Crippen molar-refractivity contribution >= 4 is 17.4 Å². The summed E-state index contributed by atoms with van der Waals surface area (Å²) in [5, 5.41) is 14.1. The van der Waals surface area contributed by atoms with Gasteiger partial charge in [-0.05, 0) is 49.2 Å². The van der Waals surface area contributed by atoms with Crippen LogP contribution in [-0.4, -0.2) is 29.8 Å². The van der Waals surface area contributed by atoms with Gasteiger partial charge in [0.05, 0.1) is 7.11 Å². The largest absolute Gasteiger partial charge is 0.496 e. The summed E-state index contributed by atoms with van der Waals surface area (Å²) < 4.78 is 5.35. The number of aromatic nitrogens is 2. The number of nitrogens with one attached hydrogen (secondary N) is 2. The molecule has 0 bridgehead atoms. The summed E-state index contributed by atoms with van der Waals surface area (Å²) in [6, 6.07) is 18.9. The van der Waals surface area contributed by atoms with Crippen molar-refractivity contribution in [3.63, 3.8) is 0 Å². The van der Waals surface area contributed by atoms with Crippen molar-refractivity contribution in [3.05, 3.63) is 77.5 Å². The maximum absolute atomic E-state index is 12.2. The molecular weight excluding hydrogens is 340 g/mol. The smallest absolute Gasteiger partial charge is 0.276 e. The number of nitrogens with zero attached hydrogens (tertiary/aromatic N) is 2. The molecule has 0 saturated heterocycles. The number of carbonyl (C=O) groups excluding carboxylic acids is 1. The third-order valence-electron chi connectivity index (χ3n) is 4.10. The van der Waals surface area contributed by atoms with Crippen LogP contribution in [0.1, 0.15) is 21.6 Å². The number of aryl methyl sites for hydroxylation is 1. The Hall–Kier alpha value is -3.41. The van der Waals surface area contributed by atoms with E-state index in [1.807, 2.05) is 55.5 Å². The van der Waals surface area contributed by atoms with Crippen LogP contribution in [0.15, 0.2) is 60.7 Å². The molecule has 6 heteroatoms. The van der Waals surface area contributed by atoms with Crippen LogP contribution in [0.4, 0.5) is 11.5 Å². The number of amides is 1. The highest BCUT2D eigenvalue weighted by Crippen LogP contribution is 2.17. The fraction of sp³-hybridized carbons (Fsp3) is 0.190. The van der Waals surface area contributed by atoms with E-state index in [4.69, 9.17) is 4.74 Å². The summed E-state index contributed by atoms with van der Waals surface area (Å²) in [5.74, 6) is 1.21. The lowest BCUT2D eigenvalue weighted by Gasteiger charge is -2.09. The predicted octanol–water partition coefficient (Wildman–Crippen LogP) is 3.70. The van der Waals surface area contributed by atoms with Gasteiger partial charge in [-0.15, -0.1) is 10.2 Å². The maximum atomic E-state index is 12.2. The average Bonchev–Trinajstić information content (AvgIpc) is 2.70. The molecule has 0 spiro atoms. The van der Waals surface area contributed by atoms with Gasteiger partial charge in [-0.1, -0.05) is 35.9 Å². The zero-order chi connectivity index (χ0) is 19.1. The Kier molecular flexibility index (Phi) is 5.99. The van der Waals surface area contributed by atoms with Crippen LogP contribution in [0.3, 0.4) is 0 Å². The SMILES string of the molecule is COc1ccccc1CCNc1ccc(C(=O)Nc2ccc(C)cc2)nn1. The first kappa shape index (κ1) is 18.4. The molecule has 0 unspecified atom stereocenters. The molecule has 1 heterocycles. The second-order valence-electron chi connectivity index (χ2n) is 6.11. The van der Waals surface area contributed by atoms with Gasteiger partial charge in [0, 0.05) is 12.2 Å². The van der Waals surface area contributed by atoms with Crippen LogP contribution in [0, 0.1) is 6.92 Å². The summed E-state index contributed by atoms with van der Waals surface area (Å²) >= 11 is 0. The Labute approximate surface area is 158 Å². The number of para-hydroxylation sites is 1. The molecule has 0 saturated carbocycles. The van der Waals surface area contributed by atoms with Gasteiger partial charge >= 0.3 is 0 Å². The van der Waals surface area contributed by atoms with Gasteiger partial charge in [0.15, 0.2) is 5.69 Å². The standard InChI is InChI=1S/C21H22N4O2/c1-15-7-9-17(10-8-15)23-21(26)18-11-12-20(25-24-18)22-14-13-16-5-3-4-6-19(16)27-2/h3-12H,13-14H2,1-2H3,(H,22,25)(H,23,26). The van der Waals surface area contributed by atoms with E-state index in [2.05, 4.69) is 20.8 Å². The monoisotopic (exact) mass is 362 g/mol. The van der Waals surface area contributed by atoms with Crippen molar-refractivity contribution in [2.45, 2.75) is 13.3 Å². The molecule has 3 rings (SSSR count). The highest BCUT2D eigenvalue weighted by Gasteiger charge is 2.09. The molecule has 0 aliphatic carbocycles. The van der Waals surface area contributed by atoms with Gasteiger partial charge in [0.1, 0.15) is 11.6 Å². The molecule has 0 aliphatic heterocycles. The van der Waals surface area contributed by atoms with Crippen LogP contribution < -0.4 is 15.4 Å². The molecule has 0 atom stereocenters. The summed E-state index contributed by atoms with van der Waals surface area (Å²) in [6.07, 6.45) is 0.793.